The SMILES string of the molecule is CNC(=O)CCn1nc(C)c(CNCC(C)C)c1C. The standard InChI is InChI=1S/C14H26N4O/c1-10(2)8-16-9-13-11(3)17-18(12(13)4)7-6-14(19)15-5/h10,16H,6-9H2,1-5H3,(H,15,19). The van der Waals surface area contributed by atoms with E-state index in [1.807, 2.05) is 11.6 Å². The van der Waals surface area contributed by atoms with Gasteiger partial charge in [-0.25, -0.2) is 0 Å². The number of hydrogen-bond acceptors (Lipinski definition) is 3. The van der Waals surface area contributed by atoms with E-state index >= 15 is 0 Å². The number of rotatable bonds is 7. The van der Waals surface area contributed by atoms with Crippen molar-refractivity contribution in [2.75, 3.05) is 13.6 Å². The first-order chi connectivity index (χ1) is 8.95. The Morgan fingerprint density at radius 2 is 2.05 bits per heavy atom. The lowest BCUT2D eigenvalue weighted by molar-refractivity contribution is -0.120. The molecule has 0 saturated carbocycles. The highest BCUT2D eigenvalue weighted by molar-refractivity contribution is 5.75. The molecule has 2 N–H and O–H groups in total. The third-order valence-electron chi connectivity index (χ3n) is 3.22. The van der Waals surface area contributed by atoms with E-state index in [9.17, 15) is 4.79 Å². The van der Waals surface area contributed by atoms with Gasteiger partial charge in [0.1, 0.15) is 0 Å². The minimum absolute atomic E-state index is 0.0482. The Hall–Kier alpha value is -1.36. The number of aromatic nitrogens is 2. The fraction of sp³-hybridized carbons (Fsp3) is 0.714. The molecule has 1 rings (SSSR count). The minimum atomic E-state index is 0.0482. The van der Waals surface area contributed by atoms with Crippen LogP contribution in [-0.4, -0.2) is 29.3 Å². The second-order valence-electron chi connectivity index (χ2n) is 5.32. The molecule has 0 aromatic carbocycles. The molecule has 5 nitrogen and oxygen atoms in total. The molecule has 0 unspecified atom stereocenters. The topological polar surface area (TPSA) is 59.0 Å². The number of hydrogen-bond donors (Lipinski definition) is 2. The van der Waals surface area contributed by atoms with Gasteiger partial charge in [0.2, 0.25) is 5.91 Å². The van der Waals surface area contributed by atoms with Crippen LogP contribution in [0.4, 0.5) is 0 Å². The molecule has 108 valence electrons. The second-order valence-corrected chi connectivity index (χ2v) is 5.32. The van der Waals surface area contributed by atoms with E-state index in [0.717, 1.165) is 24.5 Å². The molecular formula is C14H26N4O. The van der Waals surface area contributed by atoms with Gasteiger partial charge in [0.25, 0.3) is 0 Å². The summed E-state index contributed by atoms with van der Waals surface area (Å²) in [6, 6.07) is 0. The van der Waals surface area contributed by atoms with Crippen LogP contribution in [0.25, 0.3) is 0 Å². The van der Waals surface area contributed by atoms with Crippen molar-refractivity contribution < 1.29 is 4.79 Å². The summed E-state index contributed by atoms with van der Waals surface area (Å²) in [5.74, 6) is 0.691. The number of amides is 1. The molecule has 0 radical (unpaired) electrons. The van der Waals surface area contributed by atoms with Crippen molar-refractivity contribution in [3.05, 3.63) is 17.0 Å². The average Bonchev–Trinajstić information content (AvgIpc) is 2.62. The Bertz CT molecular complexity index is 423. The molecule has 0 atom stereocenters. The summed E-state index contributed by atoms with van der Waals surface area (Å²) in [6.07, 6.45) is 0.470. The zero-order chi connectivity index (χ0) is 14.4. The molecule has 0 saturated heterocycles. The first kappa shape index (κ1) is 15.7. The van der Waals surface area contributed by atoms with Crippen LogP contribution < -0.4 is 10.6 Å². The number of carbonyl (C=O) groups excluding carboxylic acids is 1. The van der Waals surface area contributed by atoms with E-state index in [1.54, 1.807) is 7.05 Å². The summed E-state index contributed by atoms with van der Waals surface area (Å²) in [5.41, 5.74) is 3.45. The normalized spacial score (nSPS) is 11.1. The van der Waals surface area contributed by atoms with E-state index < -0.39 is 0 Å². The van der Waals surface area contributed by atoms with Crippen LogP contribution in [0.2, 0.25) is 0 Å². The van der Waals surface area contributed by atoms with Crippen molar-refractivity contribution in [3.8, 4) is 0 Å². The fourth-order valence-corrected chi connectivity index (χ4v) is 2.03. The highest BCUT2D eigenvalue weighted by atomic mass is 16.1. The summed E-state index contributed by atoms with van der Waals surface area (Å²) in [6.45, 7) is 11.0. The maximum atomic E-state index is 11.3. The molecule has 1 aromatic heterocycles. The Morgan fingerprint density at radius 1 is 1.37 bits per heavy atom. The molecule has 0 bridgehead atoms. The van der Waals surface area contributed by atoms with Gasteiger partial charge < -0.3 is 10.6 Å². The predicted octanol–water partition coefficient (Wildman–Crippen LogP) is 1.38. The first-order valence-corrected chi connectivity index (χ1v) is 6.89. The van der Waals surface area contributed by atoms with Crippen molar-refractivity contribution >= 4 is 5.91 Å². The van der Waals surface area contributed by atoms with Crippen LogP contribution in [0, 0.1) is 19.8 Å². The first-order valence-electron chi connectivity index (χ1n) is 6.89. The van der Waals surface area contributed by atoms with E-state index in [1.165, 1.54) is 5.56 Å². The van der Waals surface area contributed by atoms with Crippen molar-refractivity contribution in [2.45, 2.75) is 47.2 Å². The number of nitrogens with zero attached hydrogens (tertiary/aromatic N) is 2. The fourth-order valence-electron chi connectivity index (χ4n) is 2.03. The summed E-state index contributed by atoms with van der Waals surface area (Å²) in [5, 5.41) is 10.6. The quantitative estimate of drug-likeness (QED) is 0.784. The summed E-state index contributed by atoms with van der Waals surface area (Å²) >= 11 is 0. The monoisotopic (exact) mass is 266 g/mol. The Labute approximate surface area is 115 Å². The molecule has 0 spiro atoms. The van der Waals surface area contributed by atoms with Crippen LogP contribution in [0.3, 0.4) is 0 Å². The number of aryl methyl sites for hydroxylation is 2. The van der Waals surface area contributed by atoms with Gasteiger partial charge in [-0.15, -0.1) is 0 Å². The largest absolute Gasteiger partial charge is 0.359 e. The van der Waals surface area contributed by atoms with Crippen LogP contribution in [0.1, 0.15) is 37.2 Å². The van der Waals surface area contributed by atoms with Gasteiger partial charge in [0.05, 0.1) is 5.69 Å². The number of nitrogens with one attached hydrogen (secondary N) is 2. The average molecular weight is 266 g/mol. The lowest BCUT2D eigenvalue weighted by Crippen LogP contribution is -2.21. The lowest BCUT2D eigenvalue weighted by atomic mass is 10.2. The van der Waals surface area contributed by atoms with Gasteiger partial charge in [-0.05, 0) is 26.3 Å². The van der Waals surface area contributed by atoms with Crippen LogP contribution in [-0.2, 0) is 17.9 Å². The Morgan fingerprint density at radius 3 is 2.63 bits per heavy atom. The van der Waals surface area contributed by atoms with Crippen molar-refractivity contribution in [1.82, 2.24) is 20.4 Å². The van der Waals surface area contributed by atoms with Crippen LogP contribution in [0.15, 0.2) is 0 Å². The second kappa shape index (κ2) is 7.28. The van der Waals surface area contributed by atoms with Gasteiger partial charge in [-0.3, -0.25) is 9.48 Å². The van der Waals surface area contributed by atoms with Crippen molar-refractivity contribution in [2.24, 2.45) is 5.92 Å². The molecule has 1 amide bonds. The third kappa shape index (κ3) is 4.67. The molecule has 1 aromatic rings. The highest BCUT2D eigenvalue weighted by Gasteiger charge is 2.11. The zero-order valence-electron chi connectivity index (χ0n) is 12.7. The molecule has 19 heavy (non-hydrogen) atoms. The Balaban J connectivity index is 2.63. The zero-order valence-corrected chi connectivity index (χ0v) is 12.7. The Kier molecular flexibility index (Phi) is 6.02. The molecule has 0 aliphatic carbocycles. The molecule has 0 aliphatic heterocycles. The van der Waals surface area contributed by atoms with Gasteiger partial charge >= 0.3 is 0 Å². The molecule has 0 aliphatic rings. The van der Waals surface area contributed by atoms with Gasteiger partial charge in [-0.2, -0.15) is 5.10 Å². The van der Waals surface area contributed by atoms with Crippen LogP contribution >= 0.6 is 0 Å². The molecular weight excluding hydrogens is 240 g/mol. The van der Waals surface area contributed by atoms with E-state index in [2.05, 4.69) is 36.5 Å². The minimum Gasteiger partial charge on any atom is -0.359 e. The van der Waals surface area contributed by atoms with Crippen molar-refractivity contribution in [3.63, 3.8) is 0 Å². The van der Waals surface area contributed by atoms with E-state index in [0.29, 0.717) is 18.9 Å². The van der Waals surface area contributed by atoms with E-state index in [4.69, 9.17) is 0 Å². The highest BCUT2D eigenvalue weighted by Crippen LogP contribution is 2.13. The van der Waals surface area contributed by atoms with Gasteiger partial charge in [0, 0.05) is 37.8 Å². The third-order valence-corrected chi connectivity index (χ3v) is 3.22. The molecule has 1 heterocycles. The maximum absolute atomic E-state index is 11.3. The smallest absolute Gasteiger partial charge is 0.221 e. The molecule has 5 heteroatoms. The van der Waals surface area contributed by atoms with Gasteiger partial charge in [0.15, 0.2) is 0 Å². The summed E-state index contributed by atoms with van der Waals surface area (Å²) < 4.78 is 1.93. The molecule has 0 fully saturated rings. The summed E-state index contributed by atoms with van der Waals surface area (Å²) in [4.78, 5) is 11.3. The van der Waals surface area contributed by atoms with Gasteiger partial charge in [-0.1, -0.05) is 13.8 Å². The maximum Gasteiger partial charge on any atom is 0.221 e. The summed E-state index contributed by atoms with van der Waals surface area (Å²) in [7, 11) is 1.66. The van der Waals surface area contributed by atoms with Crippen molar-refractivity contribution in [1.29, 1.82) is 0 Å². The number of carbonyl (C=O) groups is 1. The lowest BCUT2D eigenvalue weighted by Gasteiger charge is -2.08. The van der Waals surface area contributed by atoms with E-state index in [-0.39, 0.29) is 5.91 Å². The predicted molar refractivity (Wildman–Crippen MR) is 76.9 cm³/mol. The van der Waals surface area contributed by atoms with Crippen LogP contribution in [0.5, 0.6) is 0 Å².